The number of thioether (sulfide) groups is 1. The first-order chi connectivity index (χ1) is 12.0. The highest BCUT2D eigenvalue weighted by atomic mass is 32.2. The molecule has 126 valence electrons. The van der Waals surface area contributed by atoms with Gasteiger partial charge < -0.3 is 4.98 Å². The molecule has 0 radical (unpaired) electrons. The molecule has 2 N–H and O–H groups in total. The number of nitrogens with zero attached hydrogens (tertiary/aromatic N) is 2. The molecule has 1 fully saturated rings. The SMILES string of the molecule is O=C(NN1C(=O)/C(=C/c2ccc[nH]2)SC1=S)c1ccccc1[N+](=O)[O-]. The summed E-state index contributed by atoms with van der Waals surface area (Å²) in [6.07, 6.45) is 3.32. The number of nitro benzene ring substituents is 1. The Labute approximate surface area is 151 Å². The number of aromatic amines is 1. The first kappa shape index (κ1) is 16.9. The van der Waals surface area contributed by atoms with Crippen LogP contribution < -0.4 is 5.43 Å². The molecule has 1 aliphatic heterocycles. The van der Waals surface area contributed by atoms with Crippen LogP contribution in [-0.4, -0.2) is 31.1 Å². The van der Waals surface area contributed by atoms with E-state index in [0.717, 1.165) is 16.8 Å². The van der Waals surface area contributed by atoms with Crippen LogP contribution in [0.25, 0.3) is 6.08 Å². The van der Waals surface area contributed by atoms with Gasteiger partial charge in [-0.05, 0) is 36.5 Å². The lowest BCUT2D eigenvalue weighted by molar-refractivity contribution is -0.385. The van der Waals surface area contributed by atoms with Gasteiger partial charge in [-0.2, -0.15) is 5.01 Å². The molecule has 0 bridgehead atoms. The molecule has 3 rings (SSSR count). The topological polar surface area (TPSA) is 108 Å². The van der Waals surface area contributed by atoms with E-state index in [2.05, 4.69) is 10.4 Å². The monoisotopic (exact) mass is 374 g/mol. The lowest BCUT2D eigenvalue weighted by Crippen LogP contribution is -2.45. The predicted octanol–water partition coefficient (Wildman–Crippen LogP) is 2.47. The molecular weight excluding hydrogens is 364 g/mol. The summed E-state index contributed by atoms with van der Waals surface area (Å²) in [6, 6.07) is 9.02. The fraction of sp³-hybridized carbons (Fsp3) is 0. The Morgan fingerprint density at radius 1 is 1.32 bits per heavy atom. The number of para-hydroxylation sites is 1. The fourth-order valence-electron chi connectivity index (χ4n) is 2.13. The quantitative estimate of drug-likeness (QED) is 0.368. The van der Waals surface area contributed by atoms with Gasteiger partial charge >= 0.3 is 0 Å². The first-order valence-corrected chi connectivity index (χ1v) is 8.15. The molecule has 10 heteroatoms. The van der Waals surface area contributed by atoms with Gasteiger partial charge in [-0.15, -0.1) is 0 Å². The molecule has 0 spiro atoms. The first-order valence-electron chi connectivity index (χ1n) is 6.93. The van der Waals surface area contributed by atoms with Crippen LogP contribution in [0.1, 0.15) is 16.1 Å². The second-order valence-electron chi connectivity index (χ2n) is 4.86. The van der Waals surface area contributed by atoms with Crippen LogP contribution in [0.2, 0.25) is 0 Å². The summed E-state index contributed by atoms with van der Waals surface area (Å²) >= 11 is 6.14. The maximum Gasteiger partial charge on any atom is 0.285 e. The molecule has 2 aromatic rings. The lowest BCUT2D eigenvalue weighted by Gasteiger charge is -2.15. The molecule has 2 amide bonds. The highest BCUT2D eigenvalue weighted by Crippen LogP contribution is 2.31. The Morgan fingerprint density at radius 3 is 2.76 bits per heavy atom. The average molecular weight is 374 g/mol. The van der Waals surface area contributed by atoms with Gasteiger partial charge in [0.1, 0.15) is 5.56 Å². The van der Waals surface area contributed by atoms with Crippen molar-refractivity contribution in [3.05, 3.63) is 68.9 Å². The number of hydrazine groups is 1. The Kier molecular flexibility index (Phi) is 4.63. The number of H-pyrrole nitrogens is 1. The van der Waals surface area contributed by atoms with E-state index < -0.39 is 16.7 Å². The summed E-state index contributed by atoms with van der Waals surface area (Å²) in [7, 11) is 0. The summed E-state index contributed by atoms with van der Waals surface area (Å²) in [6.45, 7) is 0. The predicted molar refractivity (Wildman–Crippen MR) is 96.4 cm³/mol. The highest BCUT2D eigenvalue weighted by Gasteiger charge is 2.34. The van der Waals surface area contributed by atoms with Crippen molar-refractivity contribution in [2.45, 2.75) is 0 Å². The van der Waals surface area contributed by atoms with E-state index >= 15 is 0 Å². The van der Waals surface area contributed by atoms with Gasteiger partial charge in [-0.3, -0.25) is 25.1 Å². The van der Waals surface area contributed by atoms with Crippen molar-refractivity contribution in [3.8, 4) is 0 Å². The normalized spacial score (nSPS) is 15.7. The molecule has 2 heterocycles. The smallest absolute Gasteiger partial charge is 0.285 e. The van der Waals surface area contributed by atoms with Crippen LogP contribution in [0.4, 0.5) is 5.69 Å². The van der Waals surface area contributed by atoms with Crippen molar-refractivity contribution in [1.82, 2.24) is 15.4 Å². The number of nitrogens with one attached hydrogen (secondary N) is 2. The van der Waals surface area contributed by atoms with Gasteiger partial charge in [-0.1, -0.05) is 23.9 Å². The van der Waals surface area contributed by atoms with Gasteiger partial charge in [0.2, 0.25) is 0 Å². The fourth-order valence-corrected chi connectivity index (χ4v) is 3.30. The molecule has 0 atom stereocenters. The standard InChI is InChI=1S/C15H10N4O4S2/c20-13(10-5-1-2-6-11(10)19(22)23)17-18-14(21)12(25-15(18)24)8-9-4-3-7-16-9/h1-8,16H,(H,17,20)/b12-8-. The Bertz CT molecular complexity index is 908. The van der Waals surface area contributed by atoms with Crippen LogP contribution in [0, 0.1) is 10.1 Å². The number of rotatable bonds is 4. The van der Waals surface area contributed by atoms with Crippen LogP contribution in [0.5, 0.6) is 0 Å². The average Bonchev–Trinajstić information content (AvgIpc) is 3.19. The lowest BCUT2D eigenvalue weighted by atomic mass is 10.2. The summed E-state index contributed by atoms with van der Waals surface area (Å²) in [5.74, 6) is -1.29. The molecule has 1 aromatic heterocycles. The number of carbonyl (C=O) groups excluding carboxylic acids is 2. The zero-order chi connectivity index (χ0) is 18.0. The Morgan fingerprint density at radius 2 is 2.08 bits per heavy atom. The maximum absolute atomic E-state index is 12.4. The summed E-state index contributed by atoms with van der Waals surface area (Å²) in [5, 5.41) is 11.9. The summed E-state index contributed by atoms with van der Waals surface area (Å²) in [4.78, 5) is 38.4. The van der Waals surface area contributed by atoms with E-state index in [-0.39, 0.29) is 15.6 Å². The van der Waals surface area contributed by atoms with Crippen molar-refractivity contribution in [3.63, 3.8) is 0 Å². The number of thiocarbonyl (C=S) groups is 1. The second-order valence-corrected chi connectivity index (χ2v) is 6.53. The van der Waals surface area contributed by atoms with Crippen molar-refractivity contribution in [1.29, 1.82) is 0 Å². The Hall–Kier alpha value is -2.98. The minimum Gasteiger partial charge on any atom is -0.362 e. The minimum atomic E-state index is -0.787. The number of carbonyl (C=O) groups is 2. The highest BCUT2D eigenvalue weighted by molar-refractivity contribution is 8.26. The van der Waals surface area contributed by atoms with Crippen molar-refractivity contribution in [2.75, 3.05) is 0 Å². The third kappa shape index (κ3) is 3.44. The van der Waals surface area contributed by atoms with Gasteiger partial charge in [-0.25, -0.2) is 0 Å². The molecule has 0 unspecified atom stereocenters. The number of amides is 2. The number of benzene rings is 1. The second kappa shape index (κ2) is 6.87. The largest absolute Gasteiger partial charge is 0.362 e. The molecule has 0 aliphatic carbocycles. The van der Waals surface area contributed by atoms with Crippen LogP contribution in [0.3, 0.4) is 0 Å². The third-order valence-electron chi connectivity index (χ3n) is 3.26. The summed E-state index contributed by atoms with van der Waals surface area (Å²) in [5.41, 5.74) is 2.53. The Balaban J connectivity index is 1.81. The van der Waals surface area contributed by atoms with Crippen molar-refractivity contribution >= 4 is 51.9 Å². The van der Waals surface area contributed by atoms with E-state index in [1.807, 2.05) is 0 Å². The van der Waals surface area contributed by atoms with E-state index in [4.69, 9.17) is 12.2 Å². The maximum atomic E-state index is 12.4. The van der Waals surface area contributed by atoms with Crippen molar-refractivity contribution in [2.24, 2.45) is 0 Å². The van der Waals surface area contributed by atoms with Gasteiger partial charge in [0, 0.05) is 18.0 Å². The van der Waals surface area contributed by atoms with Crippen molar-refractivity contribution < 1.29 is 14.5 Å². The van der Waals surface area contributed by atoms with Gasteiger partial charge in [0.15, 0.2) is 4.32 Å². The summed E-state index contributed by atoms with van der Waals surface area (Å²) < 4.78 is 0.134. The molecule has 1 aliphatic rings. The molecular formula is C15H10N4O4S2. The number of hydrogen-bond acceptors (Lipinski definition) is 6. The minimum absolute atomic E-state index is 0.134. The van der Waals surface area contributed by atoms with E-state index in [1.54, 1.807) is 24.4 Å². The molecule has 0 saturated carbocycles. The van der Waals surface area contributed by atoms with Gasteiger partial charge in [0.25, 0.3) is 17.5 Å². The third-order valence-corrected chi connectivity index (χ3v) is 4.56. The van der Waals surface area contributed by atoms with Crippen LogP contribution in [-0.2, 0) is 4.79 Å². The number of nitro groups is 1. The number of hydrogen-bond donors (Lipinski definition) is 2. The number of aromatic nitrogens is 1. The zero-order valence-corrected chi connectivity index (χ0v) is 14.1. The van der Waals surface area contributed by atoms with Crippen LogP contribution >= 0.6 is 24.0 Å². The van der Waals surface area contributed by atoms with E-state index in [0.29, 0.717) is 10.6 Å². The van der Waals surface area contributed by atoms with E-state index in [9.17, 15) is 19.7 Å². The van der Waals surface area contributed by atoms with E-state index in [1.165, 1.54) is 24.3 Å². The zero-order valence-electron chi connectivity index (χ0n) is 12.5. The van der Waals surface area contributed by atoms with Gasteiger partial charge in [0.05, 0.1) is 9.83 Å². The molecule has 1 saturated heterocycles. The molecule has 8 nitrogen and oxygen atoms in total. The van der Waals surface area contributed by atoms with Crippen LogP contribution in [0.15, 0.2) is 47.5 Å². The molecule has 25 heavy (non-hydrogen) atoms. The molecule has 1 aromatic carbocycles.